The highest BCUT2D eigenvalue weighted by molar-refractivity contribution is 7.07. The van der Waals surface area contributed by atoms with Crippen LogP contribution in [0.5, 0.6) is 5.75 Å². The highest BCUT2D eigenvalue weighted by atomic mass is 32.1. The molecule has 0 aliphatic carbocycles. The van der Waals surface area contributed by atoms with Gasteiger partial charge in [0.15, 0.2) is 11.4 Å². The van der Waals surface area contributed by atoms with Crippen molar-refractivity contribution in [2.24, 2.45) is 4.99 Å². The van der Waals surface area contributed by atoms with Crippen LogP contribution in [0.2, 0.25) is 0 Å². The van der Waals surface area contributed by atoms with Crippen molar-refractivity contribution >= 4 is 29.4 Å². The zero-order valence-corrected chi connectivity index (χ0v) is 21.3. The number of hydrogen-bond donors (Lipinski definition) is 0. The Morgan fingerprint density at radius 1 is 1.11 bits per heavy atom. The molecular formula is C27H25FN2O6S. The van der Waals surface area contributed by atoms with E-state index in [0.717, 1.165) is 0 Å². The number of ether oxygens (including phenoxy) is 3. The number of carbonyl (C=O) groups is 2. The minimum absolute atomic E-state index is 0.157. The van der Waals surface area contributed by atoms with Crippen LogP contribution in [0.1, 0.15) is 37.9 Å². The summed E-state index contributed by atoms with van der Waals surface area (Å²) in [6.07, 6.45) is 1.69. The molecule has 37 heavy (non-hydrogen) atoms. The van der Waals surface area contributed by atoms with Gasteiger partial charge in [0.2, 0.25) is 0 Å². The molecule has 1 atom stereocenters. The quantitative estimate of drug-likeness (QED) is 0.421. The van der Waals surface area contributed by atoms with Gasteiger partial charge >= 0.3 is 11.9 Å². The summed E-state index contributed by atoms with van der Waals surface area (Å²) >= 11 is 1.17. The van der Waals surface area contributed by atoms with Gasteiger partial charge in [0, 0.05) is 0 Å². The molecule has 2 heterocycles. The molecule has 10 heteroatoms. The van der Waals surface area contributed by atoms with E-state index in [1.54, 1.807) is 63.2 Å². The maximum atomic E-state index is 13.7. The van der Waals surface area contributed by atoms with Gasteiger partial charge in [-0.15, -0.1) is 0 Å². The topological polar surface area (TPSA) is 96.2 Å². The van der Waals surface area contributed by atoms with Crippen molar-refractivity contribution in [1.29, 1.82) is 0 Å². The number of aromatic nitrogens is 1. The lowest BCUT2D eigenvalue weighted by Gasteiger charge is -2.24. The number of hydrogen-bond acceptors (Lipinski definition) is 8. The van der Waals surface area contributed by atoms with Gasteiger partial charge in [-0.1, -0.05) is 35.6 Å². The Balaban J connectivity index is 1.78. The lowest BCUT2D eigenvalue weighted by molar-refractivity contribution is -0.145. The number of rotatable bonds is 8. The van der Waals surface area contributed by atoms with Gasteiger partial charge in [-0.3, -0.25) is 9.36 Å². The largest absolute Gasteiger partial charge is 0.482 e. The standard InChI is InChI=1S/C27H25FN2O6S/c1-4-34-22(31)15-36-20-8-6-7-17(13-20)14-21-25(32)30-24(18-9-11-19(28)12-10-18)23(26(33)35-5-2)16(3)29-27(30)37-21/h6-14,24H,4-5,15H2,1-3H3/b21-14-/t24-/m0/s1. The molecule has 4 rings (SSSR count). The Kier molecular flexibility index (Phi) is 7.98. The van der Waals surface area contributed by atoms with Crippen molar-refractivity contribution in [3.8, 4) is 5.75 Å². The second-order valence-electron chi connectivity index (χ2n) is 8.02. The van der Waals surface area contributed by atoms with Crippen molar-refractivity contribution in [2.45, 2.75) is 26.8 Å². The first-order chi connectivity index (χ1) is 17.8. The summed E-state index contributed by atoms with van der Waals surface area (Å²) < 4.78 is 31.1. The molecule has 3 aromatic rings. The van der Waals surface area contributed by atoms with E-state index in [-0.39, 0.29) is 31.0 Å². The summed E-state index contributed by atoms with van der Waals surface area (Å²) in [6, 6.07) is 11.8. The molecule has 1 aliphatic heterocycles. The smallest absolute Gasteiger partial charge is 0.344 e. The Hall–Kier alpha value is -4.05. The highest BCUT2D eigenvalue weighted by Crippen LogP contribution is 2.30. The molecule has 2 aromatic carbocycles. The van der Waals surface area contributed by atoms with E-state index in [4.69, 9.17) is 14.2 Å². The van der Waals surface area contributed by atoms with Crippen LogP contribution in [0.25, 0.3) is 6.08 Å². The molecular weight excluding hydrogens is 499 g/mol. The summed E-state index contributed by atoms with van der Waals surface area (Å²) in [5, 5.41) is 0. The van der Waals surface area contributed by atoms with Crippen LogP contribution in [0, 0.1) is 5.82 Å². The average molecular weight is 525 g/mol. The fourth-order valence-electron chi connectivity index (χ4n) is 3.94. The lowest BCUT2D eigenvalue weighted by Crippen LogP contribution is -2.39. The number of fused-ring (bicyclic) bond motifs is 1. The van der Waals surface area contributed by atoms with Gasteiger partial charge in [0.25, 0.3) is 5.56 Å². The fourth-order valence-corrected chi connectivity index (χ4v) is 4.99. The zero-order chi connectivity index (χ0) is 26.5. The number of thiazole rings is 1. The second kappa shape index (κ2) is 11.3. The Bertz CT molecular complexity index is 1540. The van der Waals surface area contributed by atoms with E-state index >= 15 is 0 Å². The zero-order valence-electron chi connectivity index (χ0n) is 20.5. The molecule has 0 N–H and O–H groups in total. The summed E-state index contributed by atoms with van der Waals surface area (Å²) in [6.45, 7) is 5.29. The third kappa shape index (κ3) is 5.69. The minimum atomic E-state index is -0.822. The van der Waals surface area contributed by atoms with E-state index in [1.165, 1.54) is 28.0 Å². The van der Waals surface area contributed by atoms with Crippen molar-refractivity contribution in [3.63, 3.8) is 0 Å². The molecule has 1 aromatic heterocycles. The summed E-state index contributed by atoms with van der Waals surface area (Å²) in [5.74, 6) is -1.05. The van der Waals surface area contributed by atoms with Gasteiger partial charge in [-0.25, -0.2) is 19.0 Å². The van der Waals surface area contributed by atoms with E-state index < -0.39 is 23.8 Å². The van der Waals surface area contributed by atoms with Crippen molar-refractivity contribution in [1.82, 2.24) is 4.57 Å². The van der Waals surface area contributed by atoms with Gasteiger partial charge in [-0.2, -0.15) is 0 Å². The fraction of sp³-hybridized carbons (Fsp3) is 0.259. The first-order valence-corrected chi connectivity index (χ1v) is 12.5. The van der Waals surface area contributed by atoms with Gasteiger partial charge in [0.05, 0.1) is 35.1 Å². The normalized spacial score (nSPS) is 15.1. The van der Waals surface area contributed by atoms with Crippen LogP contribution in [0.3, 0.4) is 0 Å². The van der Waals surface area contributed by atoms with Crippen LogP contribution in [-0.2, 0) is 19.1 Å². The van der Waals surface area contributed by atoms with Gasteiger partial charge in [0.1, 0.15) is 11.6 Å². The molecule has 0 amide bonds. The molecule has 0 bridgehead atoms. The molecule has 0 saturated heterocycles. The Morgan fingerprint density at radius 3 is 2.54 bits per heavy atom. The van der Waals surface area contributed by atoms with Crippen molar-refractivity contribution < 1.29 is 28.2 Å². The Labute approximate surface area is 215 Å². The number of halogens is 1. The predicted octanol–water partition coefficient (Wildman–Crippen LogP) is 2.88. The van der Waals surface area contributed by atoms with Crippen LogP contribution in [0.15, 0.2) is 69.6 Å². The summed E-state index contributed by atoms with van der Waals surface area (Å²) in [5.41, 5.74) is 1.52. The predicted molar refractivity (Wildman–Crippen MR) is 135 cm³/mol. The number of esters is 2. The number of benzene rings is 2. The first-order valence-electron chi connectivity index (χ1n) is 11.7. The van der Waals surface area contributed by atoms with Gasteiger partial charge < -0.3 is 14.2 Å². The van der Waals surface area contributed by atoms with E-state index in [2.05, 4.69) is 4.99 Å². The van der Waals surface area contributed by atoms with Crippen LogP contribution >= 0.6 is 11.3 Å². The third-order valence-electron chi connectivity index (χ3n) is 5.52. The SMILES string of the molecule is CCOC(=O)COc1cccc(/C=c2\sc3n(c2=O)[C@@H](c2ccc(F)cc2)C(C(=O)OCC)=C(C)N=3)c1. The number of nitrogens with zero attached hydrogens (tertiary/aromatic N) is 2. The molecule has 1 aliphatic rings. The van der Waals surface area contributed by atoms with E-state index in [1.807, 2.05) is 0 Å². The molecule has 0 fully saturated rings. The molecule has 0 radical (unpaired) electrons. The Morgan fingerprint density at radius 2 is 1.84 bits per heavy atom. The van der Waals surface area contributed by atoms with E-state index in [0.29, 0.717) is 31.9 Å². The third-order valence-corrected chi connectivity index (χ3v) is 6.50. The van der Waals surface area contributed by atoms with E-state index in [9.17, 15) is 18.8 Å². The van der Waals surface area contributed by atoms with Crippen LogP contribution in [0.4, 0.5) is 4.39 Å². The van der Waals surface area contributed by atoms with Gasteiger partial charge in [-0.05, 0) is 62.2 Å². The minimum Gasteiger partial charge on any atom is -0.482 e. The maximum absolute atomic E-state index is 13.7. The van der Waals surface area contributed by atoms with Crippen molar-refractivity contribution in [3.05, 3.63) is 96.4 Å². The highest BCUT2D eigenvalue weighted by Gasteiger charge is 2.33. The number of carbonyl (C=O) groups excluding carboxylic acids is 2. The summed E-state index contributed by atoms with van der Waals surface area (Å²) in [4.78, 5) is 43.0. The lowest BCUT2D eigenvalue weighted by atomic mass is 9.96. The summed E-state index contributed by atoms with van der Waals surface area (Å²) in [7, 11) is 0. The second-order valence-corrected chi connectivity index (χ2v) is 9.03. The molecule has 192 valence electrons. The van der Waals surface area contributed by atoms with Crippen LogP contribution < -0.4 is 19.6 Å². The molecule has 8 nitrogen and oxygen atoms in total. The number of allylic oxidation sites excluding steroid dienone is 1. The monoisotopic (exact) mass is 524 g/mol. The molecule has 0 unspecified atom stereocenters. The molecule has 0 saturated carbocycles. The van der Waals surface area contributed by atoms with Crippen LogP contribution in [-0.4, -0.2) is 36.3 Å². The maximum Gasteiger partial charge on any atom is 0.344 e. The first kappa shape index (κ1) is 26.0. The molecule has 0 spiro atoms. The average Bonchev–Trinajstić information content (AvgIpc) is 3.17. The van der Waals surface area contributed by atoms with Crippen molar-refractivity contribution in [2.75, 3.05) is 19.8 Å².